The molecule has 0 atom stereocenters. The van der Waals surface area contributed by atoms with Crippen molar-refractivity contribution in [1.82, 2.24) is 0 Å². The molecule has 70 valence electrons. The molecule has 0 aliphatic heterocycles. The van der Waals surface area contributed by atoms with Crippen molar-refractivity contribution >= 4 is 11.8 Å². The van der Waals surface area contributed by atoms with Crippen molar-refractivity contribution in [1.29, 1.82) is 0 Å². The van der Waals surface area contributed by atoms with Crippen LogP contribution in [0.1, 0.15) is 18.4 Å². The van der Waals surface area contributed by atoms with Gasteiger partial charge >= 0.3 is 0 Å². The maximum atomic E-state index is 9.70. The summed E-state index contributed by atoms with van der Waals surface area (Å²) in [5, 5.41) is 9.70. The normalized spacial score (nSPS) is 18.6. The molecule has 1 aromatic carbocycles. The van der Waals surface area contributed by atoms with E-state index >= 15 is 0 Å². The Morgan fingerprint density at radius 3 is 2.38 bits per heavy atom. The molecule has 1 aliphatic rings. The summed E-state index contributed by atoms with van der Waals surface area (Å²) in [5.74, 6) is 0. The summed E-state index contributed by atoms with van der Waals surface area (Å²) in [6.45, 7) is 0. The predicted molar refractivity (Wildman–Crippen MR) is 56.1 cm³/mol. The number of benzene rings is 1. The van der Waals surface area contributed by atoms with E-state index in [0.717, 1.165) is 19.3 Å². The van der Waals surface area contributed by atoms with E-state index in [-0.39, 0.29) is 5.60 Å². The lowest BCUT2D eigenvalue weighted by atomic mass is 10.1. The predicted octanol–water partition coefficient (Wildman–Crippen LogP) is 2.48. The van der Waals surface area contributed by atoms with Gasteiger partial charge in [-0.05, 0) is 36.8 Å². The minimum absolute atomic E-state index is 0.360. The van der Waals surface area contributed by atoms with Crippen LogP contribution in [0.2, 0.25) is 0 Å². The van der Waals surface area contributed by atoms with E-state index in [1.807, 2.05) is 0 Å². The molecule has 0 heterocycles. The fourth-order valence-corrected chi connectivity index (χ4v) is 1.85. The van der Waals surface area contributed by atoms with E-state index in [1.54, 1.807) is 11.8 Å². The first-order valence-electron chi connectivity index (χ1n) is 4.57. The standard InChI is InChI=1S/C11H14OS/c1-13-10-4-2-9(3-5-10)8-11(12)6-7-11/h2-5,12H,6-8H2,1H3. The van der Waals surface area contributed by atoms with Crippen molar-refractivity contribution in [3.8, 4) is 0 Å². The number of hydrogen-bond acceptors (Lipinski definition) is 2. The van der Waals surface area contributed by atoms with Crippen LogP contribution in [0, 0.1) is 0 Å². The van der Waals surface area contributed by atoms with Gasteiger partial charge in [0, 0.05) is 11.3 Å². The highest BCUT2D eigenvalue weighted by molar-refractivity contribution is 7.98. The lowest BCUT2D eigenvalue weighted by Crippen LogP contribution is -2.10. The SMILES string of the molecule is CSc1ccc(CC2(O)CC2)cc1. The second kappa shape index (κ2) is 3.35. The highest BCUT2D eigenvalue weighted by atomic mass is 32.2. The summed E-state index contributed by atoms with van der Waals surface area (Å²) in [4.78, 5) is 1.28. The Morgan fingerprint density at radius 1 is 1.31 bits per heavy atom. The molecule has 0 bridgehead atoms. The first-order valence-corrected chi connectivity index (χ1v) is 5.80. The highest BCUT2D eigenvalue weighted by Crippen LogP contribution is 2.38. The van der Waals surface area contributed by atoms with E-state index < -0.39 is 0 Å². The van der Waals surface area contributed by atoms with E-state index in [0.29, 0.717) is 0 Å². The molecule has 0 spiro atoms. The molecule has 13 heavy (non-hydrogen) atoms. The van der Waals surface area contributed by atoms with Crippen molar-refractivity contribution < 1.29 is 5.11 Å². The smallest absolute Gasteiger partial charge is 0.0690 e. The lowest BCUT2D eigenvalue weighted by Gasteiger charge is -2.07. The summed E-state index contributed by atoms with van der Waals surface area (Å²) >= 11 is 1.75. The molecular weight excluding hydrogens is 180 g/mol. The van der Waals surface area contributed by atoms with Crippen LogP contribution in [0.25, 0.3) is 0 Å². The Balaban J connectivity index is 2.05. The molecular formula is C11H14OS. The van der Waals surface area contributed by atoms with Crippen LogP contribution in [0.3, 0.4) is 0 Å². The van der Waals surface area contributed by atoms with Crippen LogP contribution in [0.15, 0.2) is 29.2 Å². The van der Waals surface area contributed by atoms with Gasteiger partial charge < -0.3 is 5.11 Å². The van der Waals surface area contributed by atoms with Gasteiger partial charge in [0.1, 0.15) is 0 Å². The Labute approximate surface area is 83.2 Å². The van der Waals surface area contributed by atoms with Crippen LogP contribution in [0.5, 0.6) is 0 Å². The van der Waals surface area contributed by atoms with Gasteiger partial charge in [0.05, 0.1) is 5.60 Å². The zero-order valence-corrected chi connectivity index (χ0v) is 8.60. The molecule has 0 radical (unpaired) electrons. The minimum atomic E-state index is -0.360. The molecule has 0 amide bonds. The second-order valence-electron chi connectivity index (χ2n) is 3.75. The maximum Gasteiger partial charge on any atom is 0.0690 e. The van der Waals surface area contributed by atoms with E-state index in [4.69, 9.17) is 0 Å². The summed E-state index contributed by atoms with van der Waals surface area (Å²) in [6.07, 6.45) is 4.83. The summed E-state index contributed by atoms with van der Waals surface area (Å²) in [5.41, 5.74) is 0.888. The number of hydrogen-bond donors (Lipinski definition) is 1. The van der Waals surface area contributed by atoms with Gasteiger partial charge in [-0.3, -0.25) is 0 Å². The van der Waals surface area contributed by atoms with Gasteiger partial charge in [-0.1, -0.05) is 12.1 Å². The van der Waals surface area contributed by atoms with Crippen LogP contribution >= 0.6 is 11.8 Å². The fourth-order valence-electron chi connectivity index (χ4n) is 1.44. The molecule has 1 fully saturated rings. The molecule has 1 aromatic rings. The number of rotatable bonds is 3. The molecule has 2 rings (SSSR count). The topological polar surface area (TPSA) is 20.2 Å². The third-order valence-corrected chi connectivity index (χ3v) is 3.26. The van der Waals surface area contributed by atoms with Crippen molar-refractivity contribution in [3.05, 3.63) is 29.8 Å². The lowest BCUT2D eigenvalue weighted by molar-refractivity contribution is 0.151. The molecule has 1 aliphatic carbocycles. The van der Waals surface area contributed by atoms with Gasteiger partial charge in [-0.2, -0.15) is 0 Å². The van der Waals surface area contributed by atoms with Crippen molar-refractivity contribution in [3.63, 3.8) is 0 Å². The summed E-state index contributed by atoms with van der Waals surface area (Å²) in [7, 11) is 0. The minimum Gasteiger partial charge on any atom is -0.390 e. The second-order valence-corrected chi connectivity index (χ2v) is 4.63. The molecule has 1 N–H and O–H groups in total. The summed E-state index contributed by atoms with van der Waals surface area (Å²) < 4.78 is 0. The Hall–Kier alpha value is -0.470. The van der Waals surface area contributed by atoms with Crippen LogP contribution in [-0.4, -0.2) is 17.0 Å². The third-order valence-electron chi connectivity index (χ3n) is 2.52. The van der Waals surface area contributed by atoms with Gasteiger partial charge in [0.2, 0.25) is 0 Å². The molecule has 2 heteroatoms. The Morgan fingerprint density at radius 2 is 1.92 bits per heavy atom. The van der Waals surface area contributed by atoms with E-state index in [2.05, 4.69) is 30.5 Å². The molecule has 0 aromatic heterocycles. The first kappa shape index (κ1) is 9.10. The van der Waals surface area contributed by atoms with Crippen molar-refractivity contribution in [2.45, 2.75) is 29.8 Å². The average molecular weight is 194 g/mol. The molecule has 0 saturated heterocycles. The zero-order chi connectivity index (χ0) is 9.31. The van der Waals surface area contributed by atoms with Gasteiger partial charge in [-0.25, -0.2) is 0 Å². The van der Waals surface area contributed by atoms with Crippen LogP contribution in [0.4, 0.5) is 0 Å². The van der Waals surface area contributed by atoms with Crippen molar-refractivity contribution in [2.75, 3.05) is 6.26 Å². The quantitative estimate of drug-likeness (QED) is 0.746. The van der Waals surface area contributed by atoms with Crippen molar-refractivity contribution in [2.24, 2.45) is 0 Å². The zero-order valence-electron chi connectivity index (χ0n) is 7.79. The monoisotopic (exact) mass is 194 g/mol. The fraction of sp³-hybridized carbons (Fsp3) is 0.455. The van der Waals surface area contributed by atoms with E-state index in [9.17, 15) is 5.11 Å². The maximum absolute atomic E-state index is 9.70. The van der Waals surface area contributed by atoms with Gasteiger partial charge in [0.25, 0.3) is 0 Å². The highest BCUT2D eigenvalue weighted by Gasteiger charge is 2.39. The molecule has 1 saturated carbocycles. The van der Waals surface area contributed by atoms with Gasteiger partial charge in [-0.15, -0.1) is 11.8 Å². The Kier molecular flexibility index (Phi) is 2.35. The van der Waals surface area contributed by atoms with Crippen LogP contribution in [-0.2, 0) is 6.42 Å². The number of thioether (sulfide) groups is 1. The van der Waals surface area contributed by atoms with E-state index in [1.165, 1.54) is 10.5 Å². The third kappa shape index (κ3) is 2.26. The molecule has 1 nitrogen and oxygen atoms in total. The van der Waals surface area contributed by atoms with Crippen LogP contribution < -0.4 is 0 Å². The van der Waals surface area contributed by atoms with Gasteiger partial charge in [0.15, 0.2) is 0 Å². The average Bonchev–Trinajstić information content (AvgIpc) is 2.85. The first-order chi connectivity index (χ1) is 6.22. The number of aliphatic hydroxyl groups is 1. The summed E-state index contributed by atoms with van der Waals surface area (Å²) in [6, 6.07) is 8.46. The largest absolute Gasteiger partial charge is 0.390 e. The Bertz CT molecular complexity index is 287. The molecule has 0 unspecified atom stereocenters.